The number of hydrogen-bond acceptors (Lipinski definition) is 3. The zero-order valence-electron chi connectivity index (χ0n) is 17.2. The molecule has 1 amide bonds. The Bertz CT molecular complexity index is 728. The molecule has 4 nitrogen and oxygen atoms in total. The van der Waals surface area contributed by atoms with Crippen molar-refractivity contribution < 1.29 is 9.53 Å². The molecule has 2 aromatic carbocycles. The zero-order valence-corrected chi connectivity index (χ0v) is 17.2. The van der Waals surface area contributed by atoms with E-state index in [0.717, 1.165) is 29.8 Å². The van der Waals surface area contributed by atoms with E-state index < -0.39 is 6.10 Å². The van der Waals surface area contributed by atoms with Gasteiger partial charge in [0, 0.05) is 25.8 Å². The Morgan fingerprint density at radius 1 is 1.11 bits per heavy atom. The molecule has 2 aromatic rings. The number of nitrogens with one attached hydrogen (secondary N) is 1. The van der Waals surface area contributed by atoms with Crippen LogP contribution in [0.4, 0.5) is 5.69 Å². The molecule has 2 rings (SSSR count). The second kappa shape index (κ2) is 10.0. The van der Waals surface area contributed by atoms with Crippen LogP contribution in [0.3, 0.4) is 0 Å². The van der Waals surface area contributed by atoms with Crippen molar-refractivity contribution in [2.45, 2.75) is 46.1 Å². The lowest BCUT2D eigenvalue weighted by Crippen LogP contribution is -2.37. The van der Waals surface area contributed by atoms with Gasteiger partial charge in [-0.05, 0) is 55.5 Å². The average molecular weight is 369 g/mol. The molecule has 27 heavy (non-hydrogen) atoms. The van der Waals surface area contributed by atoms with E-state index in [0.29, 0.717) is 12.5 Å². The lowest BCUT2D eigenvalue weighted by molar-refractivity contribution is -0.127. The summed E-state index contributed by atoms with van der Waals surface area (Å²) in [5.74, 6) is 1.08. The maximum atomic E-state index is 12.4. The van der Waals surface area contributed by atoms with Gasteiger partial charge in [0.25, 0.3) is 5.91 Å². The smallest absolute Gasteiger partial charge is 0.260 e. The summed E-state index contributed by atoms with van der Waals surface area (Å²) in [4.78, 5) is 14.6. The van der Waals surface area contributed by atoms with E-state index in [2.05, 4.69) is 55.4 Å². The first-order valence-corrected chi connectivity index (χ1v) is 9.69. The number of nitrogens with zero attached hydrogens (tertiary/aromatic N) is 1. The van der Waals surface area contributed by atoms with Gasteiger partial charge < -0.3 is 15.0 Å². The predicted octanol–water partition coefficient (Wildman–Crippen LogP) is 4.53. The predicted molar refractivity (Wildman–Crippen MR) is 113 cm³/mol. The first-order valence-electron chi connectivity index (χ1n) is 9.69. The zero-order chi connectivity index (χ0) is 19.8. The molecule has 0 radical (unpaired) electrons. The van der Waals surface area contributed by atoms with E-state index in [-0.39, 0.29) is 5.91 Å². The van der Waals surface area contributed by atoms with Crippen molar-refractivity contribution in [2.24, 2.45) is 0 Å². The first kappa shape index (κ1) is 20.8. The van der Waals surface area contributed by atoms with Crippen LogP contribution in [-0.4, -0.2) is 32.1 Å². The number of aryl methyl sites for hydroxylation is 1. The maximum Gasteiger partial charge on any atom is 0.260 e. The largest absolute Gasteiger partial charge is 0.481 e. The Morgan fingerprint density at radius 2 is 1.81 bits per heavy atom. The molecule has 1 N–H and O–H groups in total. The second-order valence-corrected chi connectivity index (χ2v) is 7.36. The molecular formula is C23H32N2O2. The summed E-state index contributed by atoms with van der Waals surface area (Å²) in [5.41, 5.74) is 3.44. The summed E-state index contributed by atoms with van der Waals surface area (Å²) in [5, 5.41) is 2.98. The minimum atomic E-state index is -0.517. The van der Waals surface area contributed by atoms with Crippen molar-refractivity contribution >= 4 is 11.6 Å². The number of benzene rings is 2. The van der Waals surface area contributed by atoms with Gasteiger partial charge in [-0.25, -0.2) is 0 Å². The van der Waals surface area contributed by atoms with Gasteiger partial charge in [-0.2, -0.15) is 0 Å². The molecule has 4 heteroatoms. The SMILES string of the molecule is Cc1ccc(C(C)C)c(O[C@H](C)C(=O)NCCCN(C)c2ccccc2)c1. The van der Waals surface area contributed by atoms with Crippen LogP contribution in [0.5, 0.6) is 5.75 Å². The monoisotopic (exact) mass is 368 g/mol. The average Bonchev–Trinajstić information content (AvgIpc) is 2.65. The summed E-state index contributed by atoms with van der Waals surface area (Å²) in [6.45, 7) is 9.61. The van der Waals surface area contributed by atoms with E-state index in [1.165, 1.54) is 5.69 Å². The van der Waals surface area contributed by atoms with Crippen LogP contribution in [0.25, 0.3) is 0 Å². The van der Waals surface area contributed by atoms with E-state index in [9.17, 15) is 4.79 Å². The molecule has 1 atom stereocenters. The molecule has 0 aromatic heterocycles. The van der Waals surface area contributed by atoms with Gasteiger partial charge in [-0.15, -0.1) is 0 Å². The van der Waals surface area contributed by atoms with Gasteiger partial charge in [0.1, 0.15) is 5.75 Å². The van der Waals surface area contributed by atoms with E-state index in [1.54, 1.807) is 6.92 Å². The van der Waals surface area contributed by atoms with Gasteiger partial charge in [-0.1, -0.05) is 44.2 Å². The minimum Gasteiger partial charge on any atom is -0.481 e. The van der Waals surface area contributed by atoms with E-state index in [1.807, 2.05) is 31.2 Å². The van der Waals surface area contributed by atoms with Gasteiger partial charge in [0.2, 0.25) is 0 Å². The number of rotatable bonds is 9. The van der Waals surface area contributed by atoms with Crippen LogP contribution in [0.1, 0.15) is 44.2 Å². The fourth-order valence-electron chi connectivity index (χ4n) is 2.95. The van der Waals surface area contributed by atoms with Gasteiger partial charge in [0.15, 0.2) is 6.10 Å². The summed E-state index contributed by atoms with van der Waals surface area (Å²) in [7, 11) is 2.06. The molecule has 0 heterocycles. The molecule has 0 aliphatic rings. The number of para-hydroxylation sites is 1. The van der Waals surface area contributed by atoms with Crippen molar-refractivity contribution in [1.29, 1.82) is 0 Å². The van der Waals surface area contributed by atoms with Crippen molar-refractivity contribution in [3.05, 3.63) is 59.7 Å². The normalized spacial score (nSPS) is 11.9. The van der Waals surface area contributed by atoms with Gasteiger partial charge in [0.05, 0.1) is 0 Å². The summed E-state index contributed by atoms with van der Waals surface area (Å²) >= 11 is 0. The molecule has 0 saturated carbocycles. The third kappa shape index (κ3) is 6.31. The van der Waals surface area contributed by atoms with Crippen LogP contribution < -0.4 is 15.0 Å². The highest BCUT2D eigenvalue weighted by Gasteiger charge is 2.17. The van der Waals surface area contributed by atoms with Crippen LogP contribution in [0.15, 0.2) is 48.5 Å². The second-order valence-electron chi connectivity index (χ2n) is 7.36. The molecule has 146 valence electrons. The molecule has 0 aliphatic carbocycles. The van der Waals surface area contributed by atoms with Crippen molar-refractivity contribution in [3.8, 4) is 5.75 Å². The lowest BCUT2D eigenvalue weighted by atomic mass is 10.0. The van der Waals surface area contributed by atoms with Crippen LogP contribution in [0.2, 0.25) is 0 Å². The maximum absolute atomic E-state index is 12.4. The highest BCUT2D eigenvalue weighted by molar-refractivity contribution is 5.80. The molecule has 0 bridgehead atoms. The molecule has 0 saturated heterocycles. The van der Waals surface area contributed by atoms with Gasteiger partial charge >= 0.3 is 0 Å². The van der Waals surface area contributed by atoms with Crippen LogP contribution in [0, 0.1) is 6.92 Å². The number of ether oxygens (including phenoxy) is 1. The topological polar surface area (TPSA) is 41.6 Å². The Morgan fingerprint density at radius 3 is 2.48 bits per heavy atom. The molecule has 0 spiro atoms. The van der Waals surface area contributed by atoms with Crippen LogP contribution in [-0.2, 0) is 4.79 Å². The summed E-state index contributed by atoms with van der Waals surface area (Å²) in [6, 6.07) is 16.4. The molecular weight excluding hydrogens is 336 g/mol. The standard InChI is InChI=1S/C23H32N2O2/c1-17(2)21-13-12-18(3)16-22(21)27-19(4)23(26)24-14-9-15-25(5)20-10-7-6-8-11-20/h6-8,10-13,16-17,19H,9,14-15H2,1-5H3,(H,24,26)/t19-/m1/s1. The minimum absolute atomic E-state index is 0.0754. The molecule has 0 aliphatic heterocycles. The first-order chi connectivity index (χ1) is 12.9. The van der Waals surface area contributed by atoms with Crippen molar-refractivity contribution in [3.63, 3.8) is 0 Å². The molecule has 0 unspecified atom stereocenters. The highest BCUT2D eigenvalue weighted by Crippen LogP contribution is 2.28. The van der Waals surface area contributed by atoms with Gasteiger partial charge in [-0.3, -0.25) is 4.79 Å². The Kier molecular flexibility index (Phi) is 7.71. The quantitative estimate of drug-likeness (QED) is 0.661. The fraction of sp³-hybridized carbons (Fsp3) is 0.435. The molecule has 0 fully saturated rings. The summed E-state index contributed by atoms with van der Waals surface area (Å²) < 4.78 is 5.97. The van der Waals surface area contributed by atoms with Crippen molar-refractivity contribution in [2.75, 3.05) is 25.0 Å². The van der Waals surface area contributed by atoms with E-state index >= 15 is 0 Å². The van der Waals surface area contributed by atoms with E-state index in [4.69, 9.17) is 4.74 Å². The number of hydrogen-bond donors (Lipinski definition) is 1. The third-order valence-electron chi connectivity index (χ3n) is 4.63. The van der Waals surface area contributed by atoms with Crippen molar-refractivity contribution in [1.82, 2.24) is 5.32 Å². The fourth-order valence-corrected chi connectivity index (χ4v) is 2.95. The third-order valence-corrected chi connectivity index (χ3v) is 4.63. The Hall–Kier alpha value is -2.49. The lowest BCUT2D eigenvalue weighted by Gasteiger charge is -2.21. The number of amides is 1. The highest BCUT2D eigenvalue weighted by atomic mass is 16.5. The Balaban J connectivity index is 1.80. The number of carbonyl (C=O) groups excluding carboxylic acids is 1. The number of anilines is 1. The van der Waals surface area contributed by atoms with Crippen LogP contribution >= 0.6 is 0 Å². The summed E-state index contributed by atoms with van der Waals surface area (Å²) in [6.07, 6.45) is 0.363. The Labute approximate surface area is 163 Å². The number of carbonyl (C=O) groups is 1.